The first-order valence-electron chi connectivity index (χ1n) is 9.26. The number of fused-ring (bicyclic) bond motifs is 1. The number of ether oxygens (including phenoxy) is 1. The van der Waals surface area contributed by atoms with Crippen LogP contribution in [0.1, 0.15) is 21.7 Å². The Balaban J connectivity index is 1.61. The van der Waals surface area contributed by atoms with E-state index in [1.165, 1.54) is 18.6 Å². The number of rotatable bonds is 6. The zero-order chi connectivity index (χ0) is 21.8. The molecule has 10 heteroatoms. The van der Waals surface area contributed by atoms with Gasteiger partial charge in [-0.2, -0.15) is 4.37 Å². The number of pyridine rings is 1. The molecule has 0 aliphatic heterocycles. The van der Waals surface area contributed by atoms with E-state index in [4.69, 9.17) is 11.3 Å². The molecule has 2 N–H and O–H groups in total. The predicted molar refractivity (Wildman–Crippen MR) is 120 cm³/mol. The normalized spacial score (nSPS) is 10.5. The van der Waals surface area contributed by atoms with Crippen molar-refractivity contribution in [2.75, 3.05) is 17.7 Å². The van der Waals surface area contributed by atoms with Crippen molar-refractivity contribution >= 4 is 45.0 Å². The fraction of sp³-hybridized carbons (Fsp3) is 0.143. The van der Waals surface area contributed by atoms with Crippen LogP contribution < -0.4 is 15.4 Å². The van der Waals surface area contributed by atoms with E-state index in [2.05, 4.69) is 34.8 Å². The van der Waals surface area contributed by atoms with E-state index in [9.17, 15) is 4.79 Å². The summed E-state index contributed by atoms with van der Waals surface area (Å²) in [6, 6.07) is 10.9. The van der Waals surface area contributed by atoms with Crippen LogP contribution >= 0.6 is 11.5 Å². The Kier molecular flexibility index (Phi) is 5.68. The second-order valence-electron chi connectivity index (χ2n) is 6.48. The quantitative estimate of drug-likeness (QED) is 0.469. The predicted octanol–water partition coefficient (Wildman–Crippen LogP) is 4.26. The van der Waals surface area contributed by atoms with Gasteiger partial charge in [-0.3, -0.25) is 9.78 Å². The second-order valence-corrected chi connectivity index (χ2v) is 7.26. The number of aromatic nitrogens is 4. The molecule has 0 aliphatic rings. The van der Waals surface area contributed by atoms with Crippen molar-refractivity contribution in [3.63, 3.8) is 0 Å². The fourth-order valence-corrected chi connectivity index (χ4v) is 3.76. The largest absolute Gasteiger partial charge is 0.481 e. The summed E-state index contributed by atoms with van der Waals surface area (Å²) >= 11 is 1.17. The first-order chi connectivity index (χ1) is 15.1. The molecular formula is C21H18N7O2S+. The van der Waals surface area contributed by atoms with Crippen molar-refractivity contribution in [1.82, 2.24) is 19.3 Å². The van der Waals surface area contributed by atoms with Crippen LogP contribution in [-0.4, -0.2) is 32.3 Å². The minimum Gasteiger partial charge on any atom is -0.481 e. The number of aryl methyl sites for hydroxylation is 1. The van der Waals surface area contributed by atoms with Gasteiger partial charge in [0.25, 0.3) is 12.5 Å². The van der Waals surface area contributed by atoms with Crippen LogP contribution in [0, 0.1) is 13.5 Å². The molecule has 0 bridgehead atoms. The number of carbonyl (C=O) groups excluding carboxylic acids is 1. The van der Waals surface area contributed by atoms with Gasteiger partial charge >= 0.3 is 6.54 Å². The van der Waals surface area contributed by atoms with Crippen molar-refractivity contribution in [2.24, 2.45) is 0 Å². The summed E-state index contributed by atoms with van der Waals surface area (Å²) < 4.78 is 9.45. The third kappa shape index (κ3) is 4.26. The van der Waals surface area contributed by atoms with Gasteiger partial charge in [-0.1, -0.05) is 17.0 Å². The van der Waals surface area contributed by atoms with Crippen molar-refractivity contribution < 1.29 is 9.53 Å². The molecule has 0 atom stereocenters. The maximum Gasteiger partial charge on any atom is 0.307 e. The number of methoxy groups -OCH3 is 1. The topological polar surface area (TPSA) is 106 Å². The molecule has 3 aromatic heterocycles. The van der Waals surface area contributed by atoms with E-state index in [0.29, 0.717) is 39.3 Å². The van der Waals surface area contributed by atoms with E-state index in [1.54, 1.807) is 25.3 Å². The van der Waals surface area contributed by atoms with Gasteiger partial charge in [-0.05, 0) is 36.7 Å². The summed E-state index contributed by atoms with van der Waals surface area (Å²) in [5.74, 6) is 0.583. The molecule has 0 aliphatic carbocycles. The molecule has 31 heavy (non-hydrogen) atoms. The standard InChI is InChI=1S/C21H17N7O2S/c1-12-19(20(29)26-15-8-9-18(30-3)25-16(15)10-22-2)21(31-28-12)27-17-11-23-13-6-4-5-7-14(13)24-17/h2,4-9,11H,10H2,1,3H3,(H-,24,26,27,28,29)/p+1. The highest BCUT2D eigenvalue weighted by Crippen LogP contribution is 2.29. The molecule has 9 nitrogen and oxygen atoms in total. The number of hydrogen-bond acceptors (Lipinski definition) is 8. The van der Waals surface area contributed by atoms with Gasteiger partial charge in [0.1, 0.15) is 10.8 Å². The van der Waals surface area contributed by atoms with Crippen LogP contribution in [0.15, 0.2) is 42.6 Å². The minimum absolute atomic E-state index is 0.130. The number of nitrogens with zero attached hydrogens (tertiary/aromatic N) is 5. The Morgan fingerprint density at radius 3 is 2.77 bits per heavy atom. The van der Waals surface area contributed by atoms with E-state index in [0.717, 1.165) is 11.0 Å². The first kappa shape index (κ1) is 20.2. The molecule has 0 spiro atoms. The molecule has 4 aromatic rings. The maximum absolute atomic E-state index is 13.1. The van der Waals surface area contributed by atoms with E-state index in [1.807, 2.05) is 24.3 Å². The van der Waals surface area contributed by atoms with E-state index >= 15 is 0 Å². The smallest absolute Gasteiger partial charge is 0.307 e. The Morgan fingerprint density at radius 1 is 1.19 bits per heavy atom. The summed E-state index contributed by atoms with van der Waals surface area (Å²) in [6.45, 7) is 7.22. The van der Waals surface area contributed by atoms with Gasteiger partial charge in [0.2, 0.25) is 5.88 Å². The average Bonchev–Trinajstić information content (AvgIpc) is 3.15. The summed E-state index contributed by atoms with van der Waals surface area (Å²) in [5.41, 5.74) is 3.51. The highest BCUT2D eigenvalue weighted by molar-refractivity contribution is 7.10. The Hall–Kier alpha value is -4.10. The first-order valence-corrected chi connectivity index (χ1v) is 10.0. The maximum atomic E-state index is 13.1. The molecule has 0 unspecified atom stereocenters. The molecule has 3 heterocycles. The number of amides is 1. The van der Waals surface area contributed by atoms with Gasteiger partial charge in [0.15, 0.2) is 5.69 Å². The minimum atomic E-state index is -0.340. The monoisotopic (exact) mass is 432 g/mol. The van der Waals surface area contributed by atoms with Gasteiger partial charge in [-0.25, -0.2) is 9.97 Å². The lowest BCUT2D eigenvalue weighted by atomic mass is 10.2. The molecule has 0 radical (unpaired) electrons. The van der Waals surface area contributed by atoms with Gasteiger partial charge in [0.05, 0.1) is 41.3 Å². The lowest BCUT2D eigenvalue weighted by Gasteiger charge is -2.10. The van der Waals surface area contributed by atoms with Crippen molar-refractivity contribution in [1.29, 1.82) is 0 Å². The van der Waals surface area contributed by atoms with Crippen LogP contribution in [0.3, 0.4) is 0 Å². The highest BCUT2D eigenvalue weighted by Gasteiger charge is 2.21. The number of carbonyl (C=O) groups is 1. The third-order valence-corrected chi connectivity index (χ3v) is 5.28. The highest BCUT2D eigenvalue weighted by atomic mass is 32.1. The number of para-hydroxylation sites is 2. The number of nitrogens with one attached hydrogen (secondary N) is 2. The number of benzene rings is 1. The van der Waals surface area contributed by atoms with Crippen LogP contribution in [0.25, 0.3) is 15.9 Å². The number of hydrogen-bond donors (Lipinski definition) is 2. The van der Waals surface area contributed by atoms with Crippen molar-refractivity contribution in [2.45, 2.75) is 13.5 Å². The Morgan fingerprint density at radius 2 is 2.00 bits per heavy atom. The molecular weight excluding hydrogens is 414 g/mol. The van der Waals surface area contributed by atoms with E-state index < -0.39 is 0 Å². The van der Waals surface area contributed by atoms with Gasteiger partial charge < -0.3 is 15.4 Å². The summed E-state index contributed by atoms with van der Waals surface area (Å²) in [5, 5.41) is 6.58. The van der Waals surface area contributed by atoms with Crippen LogP contribution in [0.4, 0.5) is 16.5 Å². The zero-order valence-electron chi connectivity index (χ0n) is 16.8. The molecule has 0 fully saturated rings. The molecule has 154 valence electrons. The Bertz CT molecular complexity index is 1310. The third-order valence-electron chi connectivity index (χ3n) is 4.43. The van der Waals surface area contributed by atoms with Crippen LogP contribution in [0.5, 0.6) is 5.88 Å². The summed E-state index contributed by atoms with van der Waals surface area (Å²) in [6.07, 6.45) is 1.62. The molecule has 4 rings (SSSR count). The second kappa shape index (κ2) is 8.73. The number of anilines is 3. The summed E-state index contributed by atoms with van der Waals surface area (Å²) in [7, 11) is 1.51. The molecule has 0 saturated carbocycles. The lowest BCUT2D eigenvalue weighted by molar-refractivity contribution is 0.102. The Labute approximate surface area is 182 Å². The average molecular weight is 432 g/mol. The van der Waals surface area contributed by atoms with Crippen LogP contribution in [0.2, 0.25) is 0 Å². The van der Waals surface area contributed by atoms with Gasteiger partial charge in [0, 0.05) is 6.07 Å². The van der Waals surface area contributed by atoms with Crippen LogP contribution in [-0.2, 0) is 6.54 Å². The molecule has 0 saturated heterocycles. The summed E-state index contributed by atoms with van der Waals surface area (Å²) in [4.78, 5) is 29.9. The zero-order valence-corrected chi connectivity index (χ0v) is 17.6. The lowest BCUT2D eigenvalue weighted by Crippen LogP contribution is -2.16. The fourth-order valence-electron chi connectivity index (χ4n) is 2.96. The molecule has 1 aromatic carbocycles. The van der Waals surface area contributed by atoms with Gasteiger partial charge in [-0.15, -0.1) is 0 Å². The molecule has 1 amide bonds. The van der Waals surface area contributed by atoms with Crippen molar-refractivity contribution in [3.8, 4) is 12.5 Å². The van der Waals surface area contributed by atoms with E-state index in [-0.39, 0.29) is 12.5 Å². The van der Waals surface area contributed by atoms with Crippen molar-refractivity contribution in [3.05, 3.63) is 64.4 Å². The SMILES string of the molecule is C#[N+]Cc1nc(OC)ccc1NC(=O)c1c(C)nsc1Nc1cnc2ccccc2n1.